The molecule has 2 aliphatic rings. The smallest absolute Gasteiger partial charge is 0.0674 e. The zero-order valence-electron chi connectivity index (χ0n) is 9.32. The minimum Gasteiger partial charge on any atom is -0.377 e. The summed E-state index contributed by atoms with van der Waals surface area (Å²) in [6.07, 6.45) is 5.33. The summed E-state index contributed by atoms with van der Waals surface area (Å²) in [5.74, 6) is 1.53. The Balaban J connectivity index is 1.80. The van der Waals surface area contributed by atoms with Crippen LogP contribution in [0.4, 0.5) is 0 Å². The van der Waals surface area contributed by atoms with E-state index in [2.05, 4.69) is 16.8 Å². The molecule has 2 fully saturated rings. The van der Waals surface area contributed by atoms with Crippen LogP contribution in [0.5, 0.6) is 0 Å². The lowest BCUT2D eigenvalue weighted by atomic mass is 9.76. The van der Waals surface area contributed by atoms with Crippen LogP contribution in [0.15, 0.2) is 16.8 Å². The van der Waals surface area contributed by atoms with E-state index >= 15 is 0 Å². The van der Waals surface area contributed by atoms with Crippen molar-refractivity contribution in [3.8, 4) is 0 Å². The molecule has 0 aromatic carbocycles. The van der Waals surface area contributed by atoms with Crippen LogP contribution in [0.2, 0.25) is 0 Å². The fourth-order valence-electron chi connectivity index (χ4n) is 2.92. The molecule has 88 valence electrons. The van der Waals surface area contributed by atoms with Crippen molar-refractivity contribution in [3.63, 3.8) is 0 Å². The van der Waals surface area contributed by atoms with E-state index in [1.54, 1.807) is 11.3 Å². The SMILES string of the molecule is ClCC1(Cc2ccsc2)CCOC1C1CC1. The fourth-order valence-corrected chi connectivity index (χ4v) is 3.97. The Labute approximate surface area is 106 Å². The lowest BCUT2D eigenvalue weighted by molar-refractivity contribution is 0.0403. The lowest BCUT2D eigenvalue weighted by Crippen LogP contribution is -2.36. The van der Waals surface area contributed by atoms with Crippen molar-refractivity contribution in [2.45, 2.75) is 31.8 Å². The summed E-state index contributed by atoms with van der Waals surface area (Å²) < 4.78 is 5.95. The highest BCUT2D eigenvalue weighted by Gasteiger charge is 2.50. The highest BCUT2D eigenvalue weighted by molar-refractivity contribution is 7.07. The quantitative estimate of drug-likeness (QED) is 0.747. The van der Waals surface area contributed by atoms with Crippen molar-refractivity contribution in [1.82, 2.24) is 0 Å². The maximum Gasteiger partial charge on any atom is 0.0674 e. The third-order valence-electron chi connectivity index (χ3n) is 3.95. The summed E-state index contributed by atoms with van der Waals surface area (Å²) in [7, 11) is 0. The summed E-state index contributed by atoms with van der Waals surface area (Å²) >= 11 is 8.04. The number of ether oxygens (including phenoxy) is 1. The Morgan fingerprint density at radius 2 is 2.38 bits per heavy atom. The fraction of sp³-hybridized carbons (Fsp3) is 0.692. The third kappa shape index (κ3) is 1.92. The summed E-state index contributed by atoms with van der Waals surface area (Å²) in [5.41, 5.74) is 1.64. The van der Waals surface area contributed by atoms with Gasteiger partial charge in [-0.15, -0.1) is 11.6 Å². The Kier molecular flexibility index (Phi) is 2.99. The van der Waals surface area contributed by atoms with Crippen LogP contribution in [0.1, 0.15) is 24.8 Å². The second-order valence-electron chi connectivity index (χ2n) is 5.18. The van der Waals surface area contributed by atoms with Crippen molar-refractivity contribution in [1.29, 1.82) is 0 Å². The van der Waals surface area contributed by atoms with Crippen LogP contribution in [0.25, 0.3) is 0 Å². The second kappa shape index (κ2) is 4.32. The molecule has 0 amide bonds. The molecule has 0 radical (unpaired) electrons. The van der Waals surface area contributed by atoms with Crippen molar-refractivity contribution < 1.29 is 4.74 Å². The van der Waals surface area contributed by atoms with Gasteiger partial charge in [0.25, 0.3) is 0 Å². The summed E-state index contributed by atoms with van der Waals surface area (Å²) in [6, 6.07) is 2.22. The molecule has 16 heavy (non-hydrogen) atoms. The molecule has 1 aliphatic carbocycles. The molecular weight excluding hydrogens is 240 g/mol. The molecule has 2 atom stereocenters. The highest BCUT2D eigenvalue weighted by Crippen LogP contribution is 2.50. The van der Waals surface area contributed by atoms with Crippen molar-refractivity contribution in [2.75, 3.05) is 12.5 Å². The molecule has 0 spiro atoms. The third-order valence-corrected chi connectivity index (χ3v) is 5.22. The van der Waals surface area contributed by atoms with Gasteiger partial charge in [0.2, 0.25) is 0 Å². The van der Waals surface area contributed by atoms with Crippen LogP contribution in [0.3, 0.4) is 0 Å². The minimum atomic E-state index is 0.212. The first-order valence-electron chi connectivity index (χ1n) is 6.03. The summed E-state index contributed by atoms with van der Waals surface area (Å²) in [4.78, 5) is 0. The summed E-state index contributed by atoms with van der Waals surface area (Å²) in [5, 5.41) is 4.40. The predicted octanol–water partition coefficient (Wildman–Crippen LogP) is 3.71. The number of thiophene rings is 1. The first-order valence-corrected chi connectivity index (χ1v) is 7.50. The number of halogens is 1. The maximum atomic E-state index is 6.27. The monoisotopic (exact) mass is 256 g/mol. The van der Waals surface area contributed by atoms with E-state index in [0.29, 0.717) is 6.10 Å². The molecule has 2 heterocycles. The molecule has 1 nitrogen and oxygen atoms in total. The zero-order valence-corrected chi connectivity index (χ0v) is 10.9. The maximum absolute atomic E-state index is 6.27. The Morgan fingerprint density at radius 1 is 1.50 bits per heavy atom. The number of hydrogen-bond acceptors (Lipinski definition) is 2. The molecule has 1 aliphatic heterocycles. The average molecular weight is 257 g/mol. The van der Waals surface area contributed by atoms with E-state index in [1.165, 1.54) is 18.4 Å². The molecule has 3 rings (SSSR count). The first kappa shape index (κ1) is 11.1. The number of rotatable bonds is 4. The Hall–Kier alpha value is -0.0500. The van der Waals surface area contributed by atoms with Gasteiger partial charge in [0.05, 0.1) is 6.10 Å². The Bertz CT molecular complexity index is 347. The van der Waals surface area contributed by atoms with Crippen LogP contribution >= 0.6 is 22.9 Å². The topological polar surface area (TPSA) is 9.23 Å². The Morgan fingerprint density at radius 3 is 3.00 bits per heavy atom. The van der Waals surface area contributed by atoms with E-state index in [-0.39, 0.29) is 5.41 Å². The average Bonchev–Trinajstić information content (AvgIpc) is 2.86. The van der Waals surface area contributed by atoms with Crippen LogP contribution in [-0.2, 0) is 11.2 Å². The van der Waals surface area contributed by atoms with E-state index < -0.39 is 0 Å². The van der Waals surface area contributed by atoms with Gasteiger partial charge in [-0.2, -0.15) is 11.3 Å². The van der Waals surface area contributed by atoms with Crippen molar-refractivity contribution in [3.05, 3.63) is 22.4 Å². The highest BCUT2D eigenvalue weighted by atomic mass is 35.5. The van der Waals surface area contributed by atoms with E-state index in [0.717, 1.165) is 31.2 Å². The van der Waals surface area contributed by atoms with Gasteiger partial charge in [-0.05, 0) is 54.0 Å². The molecule has 1 saturated carbocycles. The van der Waals surface area contributed by atoms with Gasteiger partial charge in [0, 0.05) is 17.9 Å². The molecule has 1 saturated heterocycles. The standard InChI is InChI=1S/C13H17ClOS/c14-9-13(7-10-3-6-16-8-10)4-5-15-12(13)11-1-2-11/h3,6,8,11-12H,1-2,4-5,7,9H2. The van der Waals surface area contributed by atoms with Gasteiger partial charge in [-0.3, -0.25) is 0 Å². The predicted molar refractivity (Wildman–Crippen MR) is 68.3 cm³/mol. The molecule has 1 aromatic heterocycles. The van der Waals surface area contributed by atoms with E-state index in [4.69, 9.17) is 16.3 Å². The van der Waals surface area contributed by atoms with Gasteiger partial charge in [-0.1, -0.05) is 0 Å². The minimum absolute atomic E-state index is 0.212. The van der Waals surface area contributed by atoms with E-state index in [1.807, 2.05) is 0 Å². The van der Waals surface area contributed by atoms with Gasteiger partial charge in [-0.25, -0.2) is 0 Å². The number of alkyl halides is 1. The molecule has 1 aromatic rings. The molecule has 0 bridgehead atoms. The second-order valence-corrected chi connectivity index (χ2v) is 6.23. The summed E-state index contributed by atoms with van der Waals surface area (Å²) in [6.45, 7) is 0.901. The van der Waals surface area contributed by atoms with Crippen LogP contribution in [-0.4, -0.2) is 18.6 Å². The van der Waals surface area contributed by atoms with Gasteiger partial charge in [0.1, 0.15) is 0 Å². The molecule has 2 unspecified atom stereocenters. The first-order chi connectivity index (χ1) is 7.84. The van der Waals surface area contributed by atoms with Gasteiger partial charge in [0.15, 0.2) is 0 Å². The van der Waals surface area contributed by atoms with E-state index in [9.17, 15) is 0 Å². The van der Waals surface area contributed by atoms with Crippen LogP contribution < -0.4 is 0 Å². The van der Waals surface area contributed by atoms with Gasteiger partial charge >= 0.3 is 0 Å². The lowest BCUT2D eigenvalue weighted by Gasteiger charge is -2.32. The normalized spacial score (nSPS) is 34.4. The van der Waals surface area contributed by atoms with Crippen molar-refractivity contribution >= 4 is 22.9 Å². The largest absolute Gasteiger partial charge is 0.377 e. The number of hydrogen-bond donors (Lipinski definition) is 0. The zero-order chi connectivity index (χ0) is 11.0. The molecule has 3 heteroatoms. The molecule has 0 N–H and O–H groups in total. The van der Waals surface area contributed by atoms with Gasteiger partial charge < -0.3 is 4.74 Å². The molecular formula is C13H17ClOS. The van der Waals surface area contributed by atoms with Crippen LogP contribution in [0, 0.1) is 11.3 Å². The van der Waals surface area contributed by atoms with Crippen molar-refractivity contribution in [2.24, 2.45) is 11.3 Å².